The van der Waals surface area contributed by atoms with Crippen LogP contribution in [0.2, 0.25) is 0 Å². The third-order valence-corrected chi connectivity index (χ3v) is 5.12. The van der Waals surface area contributed by atoms with E-state index >= 15 is 0 Å². The zero-order valence-electron chi connectivity index (χ0n) is 18.1. The second kappa shape index (κ2) is 9.48. The molecule has 0 saturated heterocycles. The number of benzene rings is 3. The van der Waals surface area contributed by atoms with Crippen LogP contribution in [0.1, 0.15) is 28.4 Å². The highest BCUT2D eigenvalue weighted by Crippen LogP contribution is 2.31. The van der Waals surface area contributed by atoms with Crippen molar-refractivity contribution < 1.29 is 23.5 Å². The SMILES string of the molecule is COc1cc(/C=C2/C(=O)N(C(=O)c3ccccc3)N=C2C)ccc1OCc1ccccc1F. The predicted molar refractivity (Wildman–Crippen MR) is 122 cm³/mol. The summed E-state index contributed by atoms with van der Waals surface area (Å²) in [4.78, 5) is 25.5. The summed E-state index contributed by atoms with van der Waals surface area (Å²) < 4.78 is 25.0. The van der Waals surface area contributed by atoms with Crippen molar-refractivity contribution in [2.75, 3.05) is 7.11 Å². The molecule has 0 unspecified atom stereocenters. The second-order valence-corrected chi connectivity index (χ2v) is 7.32. The second-order valence-electron chi connectivity index (χ2n) is 7.32. The van der Waals surface area contributed by atoms with Gasteiger partial charge in [-0.2, -0.15) is 10.1 Å². The Morgan fingerprint density at radius 1 is 1.03 bits per heavy atom. The van der Waals surface area contributed by atoms with Gasteiger partial charge in [0.25, 0.3) is 11.8 Å². The van der Waals surface area contributed by atoms with E-state index in [1.807, 2.05) is 0 Å². The maximum Gasteiger partial charge on any atom is 0.283 e. The maximum atomic E-state index is 13.8. The predicted octanol–water partition coefficient (Wildman–Crippen LogP) is 4.86. The number of imide groups is 1. The first-order valence-corrected chi connectivity index (χ1v) is 10.2. The van der Waals surface area contributed by atoms with Gasteiger partial charge in [-0.05, 0) is 48.9 Å². The number of hydrogen-bond donors (Lipinski definition) is 0. The Kier molecular flexibility index (Phi) is 6.31. The van der Waals surface area contributed by atoms with Crippen LogP contribution >= 0.6 is 0 Å². The zero-order valence-corrected chi connectivity index (χ0v) is 18.1. The lowest BCUT2D eigenvalue weighted by molar-refractivity contribution is -0.123. The Labute approximate surface area is 190 Å². The molecular formula is C26H21FN2O4. The van der Waals surface area contributed by atoms with Gasteiger partial charge in [-0.25, -0.2) is 4.39 Å². The smallest absolute Gasteiger partial charge is 0.283 e. The molecule has 0 spiro atoms. The molecule has 166 valence electrons. The van der Waals surface area contributed by atoms with Gasteiger partial charge in [-0.1, -0.05) is 42.5 Å². The third kappa shape index (κ3) is 4.67. The van der Waals surface area contributed by atoms with Gasteiger partial charge < -0.3 is 9.47 Å². The molecule has 1 aliphatic heterocycles. The summed E-state index contributed by atoms with van der Waals surface area (Å²) in [6.45, 7) is 1.72. The number of carbonyl (C=O) groups is 2. The van der Waals surface area contributed by atoms with Crippen LogP contribution in [0, 0.1) is 5.82 Å². The van der Waals surface area contributed by atoms with Crippen molar-refractivity contribution in [1.82, 2.24) is 5.01 Å². The monoisotopic (exact) mass is 444 g/mol. The molecule has 0 atom stereocenters. The summed E-state index contributed by atoms with van der Waals surface area (Å²) >= 11 is 0. The molecule has 0 fully saturated rings. The fraction of sp³-hybridized carbons (Fsp3) is 0.115. The van der Waals surface area contributed by atoms with Gasteiger partial charge in [0.15, 0.2) is 11.5 Å². The third-order valence-electron chi connectivity index (χ3n) is 5.12. The van der Waals surface area contributed by atoms with Crippen LogP contribution in [0.25, 0.3) is 6.08 Å². The first-order valence-electron chi connectivity index (χ1n) is 10.2. The van der Waals surface area contributed by atoms with E-state index in [1.165, 1.54) is 13.2 Å². The zero-order chi connectivity index (χ0) is 23.4. The lowest BCUT2D eigenvalue weighted by Crippen LogP contribution is -2.29. The molecule has 1 heterocycles. The van der Waals surface area contributed by atoms with Crippen LogP contribution in [-0.4, -0.2) is 29.6 Å². The molecule has 0 bridgehead atoms. The van der Waals surface area contributed by atoms with Gasteiger partial charge in [0.05, 0.1) is 18.4 Å². The van der Waals surface area contributed by atoms with Crippen LogP contribution < -0.4 is 9.47 Å². The first kappa shape index (κ1) is 22.0. The van der Waals surface area contributed by atoms with E-state index in [0.29, 0.717) is 39.5 Å². The van der Waals surface area contributed by atoms with Crippen molar-refractivity contribution in [1.29, 1.82) is 0 Å². The minimum atomic E-state index is -0.500. The number of halogens is 1. The van der Waals surface area contributed by atoms with Crippen LogP contribution in [-0.2, 0) is 11.4 Å². The molecule has 3 aromatic carbocycles. The molecule has 0 N–H and O–H groups in total. The van der Waals surface area contributed by atoms with E-state index in [0.717, 1.165) is 5.01 Å². The van der Waals surface area contributed by atoms with Gasteiger partial charge in [-0.15, -0.1) is 0 Å². The summed E-state index contributed by atoms with van der Waals surface area (Å²) in [6.07, 6.45) is 1.64. The summed E-state index contributed by atoms with van der Waals surface area (Å²) in [5.41, 5.74) is 2.21. The number of amides is 2. The van der Waals surface area contributed by atoms with Crippen LogP contribution in [0.15, 0.2) is 83.5 Å². The minimum Gasteiger partial charge on any atom is -0.493 e. The lowest BCUT2D eigenvalue weighted by atomic mass is 10.1. The number of hydrazone groups is 1. The summed E-state index contributed by atoms with van der Waals surface area (Å²) in [5, 5.41) is 5.02. The Morgan fingerprint density at radius 3 is 2.48 bits per heavy atom. The molecule has 4 rings (SSSR count). The molecular weight excluding hydrogens is 423 g/mol. The Hall–Kier alpha value is -4.26. The van der Waals surface area contributed by atoms with E-state index in [-0.39, 0.29) is 12.4 Å². The van der Waals surface area contributed by atoms with Gasteiger partial charge >= 0.3 is 0 Å². The maximum absolute atomic E-state index is 13.8. The van der Waals surface area contributed by atoms with Crippen molar-refractivity contribution in [2.45, 2.75) is 13.5 Å². The molecule has 2 amide bonds. The number of carbonyl (C=O) groups excluding carboxylic acids is 2. The Morgan fingerprint density at radius 2 is 1.76 bits per heavy atom. The summed E-state index contributed by atoms with van der Waals surface area (Å²) in [7, 11) is 1.50. The lowest BCUT2D eigenvalue weighted by Gasteiger charge is -2.12. The van der Waals surface area contributed by atoms with Gasteiger partial charge in [0.1, 0.15) is 12.4 Å². The van der Waals surface area contributed by atoms with E-state index in [4.69, 9.17) is 9.47 Å². The molecule has 0 aliphatic carbocycles. The number of ether oxygens (including phenoxy) is 2. The van der Waals surface area contributed by atoms with E-state index in [1.54, 1.807) is 79.7 Å². The average molecular weight is 444 g/mol. The number of rotatable bonds is 6. The van der Waals surface area contributed by atoms with E-state index < -0.39 is 11.8 Å². The van der Waals surface area contributed by atoms with Crippen molar-refractivity contribution in [3.8, 4) is 11.5 Å². The van der Waals surface area contributed by atoms with Crippen LogP contribution in [0.5, 0.6) is 11.5 Å². The topological polar surface area (TPSA) is 68.2 Å². The number of nitrogens with zero attached hydrogens (tertiary/aromatic N) is 2. The number of hydrogen-bond acceptors (Lipinski definition) is 5. The molecule has 33 heavy (non-hydrogen) atoms. The normalized spacial score (nSPS) is 14.4. The quantitative estimate of drug-likeness (QED) is 0.402. The average Bonchev–Trinajstić information content (AvgIpc) is 3.12. The highest BCUT2D eigenvalue weighted by molar-refractivity contribution is 6.30. The fourth-order valence-electron chi connectivity index (χ4n) is 3.36. The molecule has 1 aliphatic rings. The van der Waals surface area contributed by atoms with Crippen molar-refractivity contribution in [2.24, 2.45) is 5.10 Å². The van der Waals surface area contributed by atoms with Gasteiger partial charge in [-0.3, -0.25) is 9.59 Å². The Balaban J connectivity index is 1.54. The van der Waals surface area contributed by atoms with Gasteiger partial charge in [0.2, 0.25) is 0 Å². The molecule has 6 nitrogen and oxygen atoms in total. The standard InChI is InChI=1S/C26H21FN2O4/c1-17-21(26(31)29(28-17)25(30)19-8-4-3-5-9-19)14-18-12-13-23(24(15-18)32-2)33-16-20-10-6-7-11-22(20)27/h3-15H,16H2,1-2H3/b21-14+. The highest BCUT2D eigenvalue weighted by atomic mass is 19.1. The molecule has 0 aromatic heterocycles. The van der Waals surface area contributed by atoms with Crippen LogP contribution in [0.3, 0.4) is 0 Å². The van der Waals surface area contributed by atoms with Crippen molar-refractivity contribution in [3.05, 3.63) is 101 Å². The largest absolute Gasteiger partial charge is 0.493 e. The van der Waals surface area contributed by atoms with Gasteiger partial charge in [0, 0.05) is 11.1 Å². The fourth-order valence-corrected chi connectivity index (χ4v) is 3.36. The molecule has 0 saturated carbocycles. The molecule has 7 heteroatoms. The Bertz CT molecular complexity index is 1270. The molecule has 3 aromatic rings. The minimum absolute atomic E-state index is 0.0459. The molecule has 0 radical (unpaired) electrons. The first-order chi connectivity index (χ1) is 16.0. The van der Waals surface area contributed by atoms with Crippen molar-refractivity contribution in [3.63, 3.8) is 0 Å². The van der Waals surface area contributed by atoms with Crippen molar-refractivity contribution >= 4 is 23.6 Å². The number of methoxy groups -OCH3 is 1. The van der Waals surface area contributed by atoms with E-state index in [9.17, 15) is 14.0 Å². The van der Waals surface area contributed by atoms with E-state index in [2.05, 4.69) is 5.10 Å². The summed E-state index contributed by atoms with van der Waals surface area (Å²) in [6, 6.07) is 20.0. The van der Waals surface area contributed by atoms with Crippen LogP contribution in [0.4, 0.5) is 4.39 Å². The highest BCUT2D eigenvalue weighted by Gasteiger charge is 2.32. The summed E-state index contributed by atoms with van der Waals surface area (Å²) in [5.74, 6) is -0.468.